The molecule has 7 nitrogen and oxygen atoms in total. The smallest absolute Gasteiger partial charge is 0.261 e. The summed E-state index contributed by atoms with van der Waals surface area (Å²) in [6.07, 6.45) is 2.52. The van der Waals surface area contributed by atoms with Gasteiger partial charge in [0.15, 0.2) is 0 Å². The summed E-state index contributed by atoms with van der Waals surface area (Å²) in [5, 5.41) is 14.1. The first-order chi connectivity index (χ1) is 15.3. The van der Waals surface area contributed by atoms with Crippen LogP contribution in [0.1, 0.15) is 12.0 Å². The van der Waals surface area contributed by atoms with Crippen molar-refractivity contribution < 1.29 is 18.3 Å². The van der Waals surface area contributed by atoms with Gasteiger partial charge in [-0.25, -0.2) is 8.42 Å². The van der Waals surface area contributed by atoms with Crippen LogP contribution in [0.25, 0.3) is 10.9 Å². The predicted octanol–water partition coefficient (Wildman–Crippen LogP) is 4.90. The third kappa shape index (κ3) is 4.87. The van der Waals surface area contributed by atoms with Gasteiger partial charge in [-0.15, -0.1) is 0 Å². The number of aromatic amines is 1. The van der Waals surface area contributed by atoms with E-state index in [0.717, 1.165) is 16.5 Å². The minimum absolute atomic E-state index is 0.0166. The van der Waals surface area contributed by atoms with Gasteiger partial charge >= 0.3 is 0 Å². The molecule has 0 saturated heterocycles. The van der Waals surface area contributed by atoms with E-state index in [9.17, 15) is 18.3 Å². The van der Waals surface area contributed by atoms with Crippen molar-refractivity contribution >= 4 is 49.8 Å². The van der Waals surface area contributed by atoms with Crippen LogP contribution in [0.4, 0.5) is 11.4 Å². The van der Waals surface area contributed by atoms with Crippen molar-refractivity contribution in [2.24, 2.45) is 0 Å². The van der Waals surface area contributed by atoms with Crippen molar-refractivity contribution in [2.75, 3.05) is 10.0 Å². The molecule has 4 rings (SSSR count). The molecule has 0 bridgehead atoms. The number of para-hydroxylation sites is 1. The number of aryl methyl sites for hydroxylation is 1. The van der Waals surface area contributed by atoms with Crippen LogP contribution in [-0.4, -0.2) is 24.4 Å². The molecule has 1 amide bonds. The summed E-state index contributed by atoms with van der Waals surface area (Å²) in [6, 6.07) is 17.8. The number of phenolic OH excluding ortho intramolecular Hbond substituents is 1. The molecule has 164 valence electrons. The second-order valence-electron chi connectivity index (χ2n) is 7.20. The van der Waals surface area contributed by atoms with Gasteiger partial charge in [0.1, 0.15) is 5.75 Å². The normalized spacial score (nSPS) is 11.4. The highest BCUT2D eigenvalue weighted by molar-refractivity contribution is 7.92. The van der Waals surface area contributed by atoms with Gasteiger partial charge in [0, 0.05) is 28.5 Å². The highest BCUT2D eigenvalue weighted by atomic mass is 35.5. The summed E-state index contributed by atoms with van der Waals surface area (Å²) in [7, 11) is -3.95. The molecule has 3 aromatic carbocycles. The second kappa shape index (κ2) is 8.94. The van der Waals surface area contributed by atoms with Crippen LogP contribution in [0.3, 0.4) is 0 Å². The topological polar surface area (TPSA) is 111 Å². The fourth-order valence-corrected chi connectivity index (χ4v) is 4.61. The van der Waals surface area contributed by atoms with Crippen molar-refractivity contribution in [1.82, 2.24) is 4.98 Å². The van der Waals surface area contributed by atoms with E-state index in [1.807, 2.05) is 30.5 Å². The van der Waals surface area contributed by atoms with Gasteiger partial charge < -0.3 is 15.4 Å². The van der Waals surface area contributed by atoms with Crippen LogP contribution in [0.2, 0.25) is 5.02 Å². The monoisotopic (exact) mass is 469 g/mol. The number of carbonyl (C=O) groups is 1. The Kier molecular flexibility index (Phi) is 6.07. The lowest BCUT2D eigenvalue weighted by Gasteiger charge is -2.12. The van der Waals surface area contributed by atoms with Crippen LogP contribution in [0, 0.1) is 0 Å². The minimum atomic E-state index is -3.95. The highest BCUT2D eigenvalue weighted by Crippen LogP contribution is 2.28. The number of aromatic hydroxyl groups is 1. The van der Waals surface area contributed by atoms with Crippen LogP contribution >= 0.6 is 11.6 Å². The average molecular weight is 470 g/mol. The number of carbonyl (C=O) groups excluding carboxylic acids is 1. The van der Waals surface area contributed by atoms with Crippen molar-refractivity contribution in [3.8, 4) is 5.75 Å². The lowest BCUT2D eigenvalue weighted by atomic mass is 10.1. The first-order valence-corrected chi connectivity index (χ1v) is 11.6. The Labute approximate surface area is 190 Å². The van der Waals surface area contributed by atoms with Crippen molar-refractivity contribution in [1.29, 1.82) is 0 Å². The molecule has 1 aromatic heterocycles. The Balaban J connectivity index is 1.46. The largest absolute Gasteiger partial charge is 0.506 e. The molecule has 32 heavy (non-hydrogen) atoms. The van der Waals surface area contributed by atoms with Crippen molar-refractivity contribution in [2.45, 2.75) is 17.7 Å². The summed E-state index contributed by atoms with van der Waals surface area (Å²) in [6.45, 7) is 0. The number of aromatic nitrogens is 1. The fraction of sp³-hybridized carbons (Fsp3) is 0.0870. The lowest BCUT2D eigenvalue weighted by Crippen LogP contribution is -2.15. The number of amides is 1. The number of nitrogens with one attached hydrogen (secondary N) is 3. The molecule has 0 aliphatic heterocycles. The zero-order chi connectivity index (χ0) is 22.7. The Hall–Kier alpha value is -3.49. The van der Waals surface area contributed by atoms with Gasteiger partial charge in [-0.2, -0.15) is 0 Å². The number of H-pyrrole nitrogens is 1. The van der Waals surface area contributed by atoms with E-state index < -0.39 is 10.0 Å². The quantitative estimate of drug-likeness (QED) is 0.288. The molecule has 0 atom stereocenters. The SMILES string of the molecule is O=C(CCc1c[nH]c2ccccc12)Nc1cc(S(=O)(=O)Nc2cccc(Cl)c2)ccc1O. The number of sulfonamides is 1. The van der Waals surface area contributed by atoms with Crippen molar-refractivity contribution in [3.63, 3.8) is 0 Å². The van der Waals surface area contributed by atoms with Gasteiger partial charge in [-0.05, 0) is 54.4 Å². The van der Waals surface area contributed by atoms with E-state index in [2.05, 4.69) is 15.0 Å². The molecule has 9 heteroatoms. The molecule has 0 radical (unpaired) electrons. The summed E-state index contributed by atoms with van der Waals surface area (Å²) < 4.78 is 27.9. The van der Waals surface area contributed by atoms with Crippen LogP contribution in [-0.2, 0) is 21.2 Å². The number of fused-ring (bicyclic) bond motifs is 1. The van der Waals surface area contributed by atoms with E-state index >= 15 is 0 Å². The fourth-order valence-electron chi connectivity index (χ4n) is 3.35. The number of benzene rings is 3. The molecule has 0 unspecified atom stereocenters. The molecule has 0 spiro atoms. The molecule has 1 heterocycles. The summed E-state index contributed by atoms with van der Waals surface area (Å²) in [5.41, 5.74) is 2.31. The van der Waals surface area contributed by atoms with E-state index in [0.29, 0.717) is 17.1 Å². The summed E-state index contributed by atoms with van der Waals surface area (Å²) in [5.74, 6) is -0.574. The van der Waals surface area contributed by atoms with Crippen LogP contribution in [0.15, 0.2) is 77.8 Å². The van der Waals surface area contributed by atoms with Gasteiger partial charge in [-0.1, -0.05) is 35.9 Å². The summed E-state index contributed by atoms with van der Waals surface area (Å²) >= 11 is 5.90. The average Bonchev–Trinajstić information content (AvgIpc) is 3.16. The highest BCUT2D eigenvalue weighted by Gasteiger charge is 2.18. The number of halogens is 1. The molecule has 0 aliphatic rings. The van der Waals surface area contributed by atoms with Gasteiger partial charge in [0.2, 0.25) is 5.91 Å². The number of anilines is 2. The first-order valence-electron chi connectivity index (χ1n) is 9.78. The zero-order valence-corrected chi connectivity index (χ0v) is 18.4. The van der Waals surface area contributed by atoms with Gasteiger partial charge in [0.05, 0.1) is 16.3 Å². The maximum absolute atomic E-state index is 12.7. The standard InChI is InChI=1S/C23H20ClN3O4S/c24-16-4-3-5-17(12-16)27-32(30,31)18-9-10-22(28)21(13-18)26-23(29)11-8-15-14-25-20-7-2-1-6-19(15)20/h1-7,9-10,12-14,25,27-28H,8,11H2,(H,26,29). The minimum Gasteiger partial charge on any atom is -0.506 e. The maximum Gasteiger partial charge on any atom is 0.261 e. The predicted molar refractivity (Wildman–Crippen MR) is 126 cm³/mol. The Bertz CT molecular complexity index is 1400. The van der Waals surface area contributed by atoms with Gasteiger partial charge in [-0.3, -0.25) is 9.52 Å². The zero-order valence-electron chi connectivity index (χ0n) is 16.8. The van der Waals surface area contributed by atoms with Crippen molar-refractivity contribution in [3.05, 3.63) is 83.5 Å². The Morgan fingerprint density at radius 1 is 1.03 bits per heavy atom. The number of hydrogen-bond acceptors (Lipinski definition) is 4. The van der Waals surface area contributed by atoms with E-state index in [4.69, 9.17) is 11.6 Å². The molecule has 0 fully saturated rings. The number of phenols is 1. The lowest BCUT2D eigenvalue weighted by molar-refractivity contribution is -0.116. The molecular formula is C23H20ClN3O4S. The molecule has 4 N–H and O–H groups in total. The maximum atomic E-state index is 12.7. The van der Waals surface area contributed by atoms with E-state index in [1.54, 1.807) is 18.2 Å². The molecule has 0 aliphatic carbocycles. The van der Waals surface area contributed by atoms with E-state index in [1.165, 1.54) is 24.3 Å². The third-order valence-electron chi connectivity index (χ3n) is 4.93. The van der Waals surface area contributed by atoms with E-state index in [-0.39, 0.29) is 28.7 Å². The first kappa shape index (κ1) is 21.7. The number of hydrogen-bond donors (Lipinski definition) is 4. The Morgan fingerprint density at radius 2 is 1.84 bits per heavy atom. The molecular weight excluding hydrogens is 450 g/mol. The Morgan fingerprint density at radius 3 is 2.66 bits per heavy atom. The third-order valence-corrected chi connectivity index (χ3v) is 6.54. The van der Waals surface area contributed by atoms with Gasteiger partial charge in [0.25, 0.3) is 10.0 Å². The second-order valence-corrected chi connectivity index (χ2v) is 9.32. The van der Waals surface area contributed by atoms with Crippen LogP contribution < -0.4 is 10.0 Å². The molecule has 0 saturated carbocycles. The summed E-state index contributed by atoms with van der Waals surface area (Å²) in [4.78, 5) is 15.5. The molecule has 4 aromatic rings. The number of rotatable bonds is 7. The van der Waals surface area contributed by atoms with Crippen LogP contribution in [0.5, 0.6) is 5.75 Å².